The molecule has 0 atom stereocenters. The molecule has 2 rings (SSSR count). The smallest absolute Gasteiger partial charge is 0.301 e. The summed E-state index contributed by atoms with van der Waals surface area (Å²) in [7, 11) is -4.01. The number of nitrogens with zero attached hydrogens (tertiary/aromatic N) is 2. The van der Waals surface area contributed by atoms with Crippen LogP contribution in [0, 0.1) is 4.91 Å². The second kappa shape index (κ2) is 7.91. The number of aliphatic hydroxyl groups is 1. The van der Waals surface area contributed by atoms with Gasteiger partial charge in [0.25, 0.3) is 0 Å². The van der Waals surface area contributed by atoms with Crippen molar-refractivity contribution in [2.45, 2.75) is 4.90 Å². The fourth-order valence-electron chi connectivity index (χ4n) is 2.17. The average molecular weight is 348 g/mol. The first-order chi connectivity index (χ1) is 11.5. The summed E-state index contributed by atoms with van der Waals surface area (Å²) < 4.78 is 25.8. The predicted octanol–water partition coefficient (Wildman–Crippen LogP) is 1.63. The van der Waals surface area contributed by atoms with E-state index in [-0.39, 0.29) is 11.4 Å². The molecule has 2 aromatic rings. The second-order valence-electron chi connectivity index (χ2n) is 4.94. The number of carbonyl (C=O) groups excluding carboxylic acids is 1. The van der Waals surface area contributed by atoms with E-state index < -0.39 is 29.1 Å². The van der Waals surface area contributed by atoms with Gasteiger partial charge in [0.1, 0.15) is 0 Å². The van der Waals surface area contributed by atoms with E-state index >= 15 is 0 Å². The van der Waals surface area contributed by atoms with Gasteiger partial charge in [-0.2, -0.15) is 4.31 Å². The Bertz CT molecular complexity index is 804. The van der Waals surface area contributed by atoms with Gasteiger partial charge in [0.05, 0.1) is 18.0 Å². The minimum absolute atomic E-state index is 0.0330. The molecular formula is C16H16N2O5S. The molecule has 0 spiro atoms. The van der Waals surface area contributed by atoms with Crippen LogP contribution in [0.15, 0.2) is 64.7 Å². The minimum Gasteiger partial charge on any atom is -0.395 e. The molecule has 0 aliphatic heterocycles. The van der Waals surface area contributed by atoms with Gasteiger partial charge < -0.3 is 5.11 Å². The first-order valence-electron chi connectivity index (χ1n) is 7.11. The van der Waals surface area contributed by atoms with E-state index in [4.69, 9.17) is 5.11 Å². The zero-order chi connectivity index (χ0) is 17.6. The van der Waals surface area contributed by atoms with E-state index in [2.05, 4.69) is 5.18 Å². The summed E-state index contributed by atoms with van der Waals surface area (Å²) in [5.74, 6) is -1.12. The normalized spacial score (nSPS) is 11.4. The SMILES string of the molecule is O=NC(=O)CN(CCO)S(=O)(=O)c1ccc(-c2ccccc2)cc1. The summed E-state index contributed by atoms with van der Waals surface area (Å²) in [6.07, 6.45) is 0. The molecule has 0 aliphatic rings. The monoisotopic (exact) mass is 348 g/mol. The van der Waals surface area contributed by atoms with E-state index in [1.807, 2.05) is 30.3 Å². The molecule has 0 fully saturated rings. The fourth-order valence-corrected chi connectivity index (χ4v) is 3.56. The lowest BCUT2D eigenvalue weighted by atomic mass is 10.1. The lowest BCUT2D eigenvalue weighted by molar-refractivity contribution is -0.118. The lowest BCUT2D eigenvalue weighted by Gasteiger charge is -2.19. The number of hydrogen-bond donors (Lipinski definition) is 1. The molecule has 0 saturated heterocycles. The molecule has 0 saturated carbocycles. The largest absolute Gasteiger partial charge is 0.395 e. The number of carbonyl (C=O) groups is 1. The Hall–Kier alpha value is -2.42. The summed E-state index contributed by atoms with van der Waals surface area (Å²) in [4.78, 5) is 21.3. The molecule has 7 nitrogen and oxygen atoms in total. The molecule has 0 bridgehead atoms. The average Bonchev–Trinajstić information content (AvgIpc) is 2.62. The first kappa shape index (κ1) is 17.9. The van der Waals surface area contributed by atoms with Crippen molar-refractivity contribution in [2.75, 3.05) is 19.7 Å². The maximum Gasteiger partial charge on any atom is 0.301 e. The van der Waals surface area contributed by atoms with E-state index in [0.717, 1.165) is 15.4 Å². The van der Waals surface area contributed by atoms with Crippen LogP contribution in [0.1, 0.15) is 0 Å². The molecule has 0 aliphatic carbocycles. The van der Waals surface area contributed by atoms with E-state index in [1.165, 1.54) is 12.1 Å². The van der Waals surface area contributed by atoms with Gasteiger partial charge in [0.2, 0.25) is 10.0 Å². The quantitative estimate of drug-likeness (QED) is 0.766. The minimum atomic E-state index is -4.01. The number of hydrogen-bond acceptors (Lipinski definition) is 5. The molecule has 1 amide bonds. The Morgan fingerprint density at radius 1 is 1.00 bits per heavy atom. The van der Waals surface area contributed by atoms with Crippen molar-refractivity contribution in [1.82, 2.24) is 4.31 Å². The standard InChI is InChI=1S/C16H16N2O5S/c19-11-10-18(12-16(20)17-21)24(22,23)15-8-6-14(7-9-15)13-4-2-1-3-5-13/h1-9,19H,10-12H2. The summed E-state index contributed by atoms with van der Waals surface area (Å²) in [5, 5.41) is 11.2. The molecule has 8 heteroatoms. The van der Waals surface area contributed by atoms with Gasteiger partial charge in [0, 0.05) is 11.7 Å². The van der Waals surface area contributed by atoms with Gasteiger partial charge in [-0.3, -0.25) is 4.79 Å². The highest BCUT2D eigenvalue weighted by molar-refractivity contribution is 7.89. The molecule has 2 aromatic carbocycles. The zero-order valence-electron chi connectivity index (χ0n) is 12.7. The van der Waals surface area contributed by atoms with Gasteiger partial charge in [-0.1, -0.05) is 42.5 Å². The number of sulfonamides is 1. The van der Waals surface area contributed by atoms with Crippen LogP contribution in [0.2, 0.25) is 0 Å². The predicted molar refractivity (Wildman–Crippen MR) is 88.5 cm³/mol. The summed E-state index contributed by atoms with van der Waals surface area (Å²) >= 11 is 0. The second-order valence-corrected chi connectivity index (χ2v) is 6.88. The van der Waals surface area contributed by atoms with Crippen LogP contribution < -0.4 is 0 Å². The van der Waals surface area contributed by atoms with Crippen molar-refractivity contribution in [3.05, 3.63) is 59.5 Å². The maximum absolute atomic E-state index is 12.5. The number of aliphatic hydroxyl groups excluding tert-OH is 1. The Labute approximate surface area is 139 Å². The first-order valence-corrected chi connectivity index (χ1v) is 8.55. The van der Waals surface area contributed by atoms with Crippen molar-refractivity contribution < 1.29 is 18.3 Å². The number of rotatable bonds is 7. The van der Waals surface area contributed by atoms with Gasteiger partial charge in [-0.05, 0) is 23.3 Å². The van der Waals surface area contributed by atoms with Crippen molar-refractivity contribution in [3.8, 4) is 11.1 Å². The number of amides is 1. The van der Waals surface area contributed by atoms with E-state index in [1.54, 1.807) is 12.1 Å². The Kier molecular flexibility index (Phi) is 5.91. The van der Waals surface area contributed by atoms with Gasteiger partial charge in [-0.25, -0.2) is 8.42 Å². The van der Waals surface area contributed by atoms with Crippen LogP contribution in [0.4, 0.5) is 0 Å². The number of nitroso groups, excluding NO2 is 1. The van der Waals surface area contributed by atoms with Crippen LogP contribution >= 0.6 is 0 Å². The summed E-state index contributed by atoms with van der Waals surface area (Å²) in [5.41, 5.74) is 1.78. The third kappa shape index (κ3) is 4.10. The van der Waals surface area contributed by atoms with Crippen molar-refractivity contribution in [3.63, 3.8) is 0 Å². The molecule has 126 valence electrons. The Balaban J connectivity index is 2.30. The third-order valence-corrected chi connectivity index (χ3v) is 5.22. The summed E-state index contributed by atoms with van der Waals surface area (Å²) in [6.45, 7) is -1.48. The van der Waals surface area contributed by atoms with Gasteiger partial charge in [-0.15, -0.1) is 4.91 Å². The lowest BCUT2D eigenvalue weighted by Crippen LogP contribution is -2.37. The van der Waals surface area contributed by atoms with Crippen LogP contribution in [0.25, 0.3) is 11.1 Å². The van der Waals surface area contributed by atoms with E-state index in [9.17, 15) is 18.1 Å². The molecule has 0 heterocycles. The van der Waals surface area contributed by atoms with Gasteiger partial charge >= 0.3 is 5.91 Å². The van der Waals surface area contributed by atoms with Crippen LogP contribution in [-0.4, -0.2) is 43.4 Å². The van der Waals surface area contributed by atoms with Crippen LogP contribution in [0.5, 0.6) is 0 Å². The maximum atomic E-state index is 12.5. The van der Waals surface area contributed by atoms with Gasteiger partial charge in [0.15, 0.2) is 0 Å². The molecule has 0 radical (unpaired) electrons. The molecule has 24 heavy (non-hydrogen) atoms. The van der Waals surface area contributed by atoms with Crippen molar-refractivity contribution in [1.29, 1.82) is 0 Å². The summed E-state index contributed by atoms with van der Waals surface area (Å²) in [6, 6.07) is 15.6. The van der Waals surface area contributed by atoms with Crippen molar-refractivity contribution >= 4 is 15.9 Å². The van der Waals surface area contributed by atoms with E-state index in [0.29, 0.717) is 0 Å². The van der Waals surface area contributed by atoms with Crippen molar-refractivity contribution in [2.24, 2.45) is 5.18 Å². The number of benzene rings is 2. The molecule has 1 N–H and O–H groups in total. The third-order valence-electron chi connectivity index (χ3n) is 3.36. The fraction of sp³-hybridized carbons (Fsp3) is 0.188. The highest BCUT2D eigenvalue weighted by atomic mass is 32.2. The Morgan fingerprint density at radius 2 is 1.58 bits per heavy atom. The Morgan fingerprint density at radius 3 is 2.12 bits per heavy atom. The topological polar surface area (TPSA) is 104 Å². The highest BCUT2D eigenvalue weighted by Crippen LogP contribution is 2.22. The zero-order valence-corrected chi connectivity index (χ0v) is 13.5. The highest BCUT2D eigenvalue weighted by Gasteiger charge is 2.26. The van der Waals surface area contributed by atoms with Crippen LogP contribution in [0.3, 0.4) is 0 Å². The molecular weight excluding hydrogens is 332 g/mol. The van der Waals surface area contributed by atoms with Crippen LogP contribution in [-0.2, 0) is 14.8 Å². The molecule has 0 unspecified atom stereocenters. The molecule has 0 aromatic heterocycles.